The van der Waals surface area contributed by atoms with Crippen molar-refractivity contribution in [2.45, 2.75) is 13.5 Å². The lowest BCUT2D eigenvalue weighted by Crippen LogP contribution is -2.25. The first-order valence-corrected chi connectivity index (χ1v) is 6.07. The molecule has 1 aromatic carbocycles. The van der Waals surface area contributed by atoms with E-state index >= 15 is 0 Å². The van der Waals surface area contributed by atoms with Crippen LogP contribution >= 0.6 is 0 Å². The minimum atomic E-state index is -0.572. The van der Waals surface area contributed by atoms with Crippen LogP contribution in [0.4, 0.5) is 11.4 Å². The average Bonchev–Trinajstić information content (AvgIpc) is 2.40. The fourth-order valence-corrected chi connectivity index (χ4v) is 1.77. The van der Waals surface area contributed by atoms with Gasteiger partial charge in [0.1, 0.15) is 6.20 Å². The predicted molar refractivity (Wildman–Crippen MR) is 74.8 cm³/mol. The van der Waals surface area contributed by atoms with E-state index in [9.17, 15) is 14.9 Å². The smallest absolute Gasteiger partial charge is 0.348 e. The van der Waals surface area contributed by atoms with E-state index in [0.29, 0.717) is 13.1 Å². The number of rotatable bonds is 5. The second kappa shape index (κ2) is 5.96. The summed E-state index contributed by atoms with van der Waals surface area (Å²) < 4.78 is 1.22. The van der Waals surface area contributed by atoms with Crippen molar-refractivity contribution >= 4 is 11.4 Å². The lowest BCUT2D eigenvalue weighted by molar-refractivity contribution is -0.385. The highest BCUT2D eigenvalue weighted by Crippen LogP contribution is 2.09. The monoisotopic (exact) mass is 274 g/mol. The minimum absolute atomic E-state index is 0.194. The van der Waals surface area contributed by atoms with Crippen molar-refractivity contribution in [3.8, 4) is 0 Å². The highest BCUT2D eigenvalue weighted by Gasteiger charge is 2.08. The van der Waals surface area contributed by atoms with Gasteiger partial charge in [0.25, 0.3) is 0 Å². The molecule has 1 N–H and O–H groups in total. The van der Waals surface area contributed by atoms with E-state index < -0.39 is 10.6 Å². The Balaban J connectivity index is 2.02. The quantitative estimate of drug-likeness (QED) is 0.660. The number of benzene rings is 1. The Labute approximate surface area is 115 Å². The highest BCUT2D eigenvalue weighted by atomic mass is 16.6. The van der Waals surface area contributed by atoms with E-state index in [1.807, 2.05) is 31.2 Å². The van der Waals surface area contributed by atoms with Gasteiger partial charge in [0.05, 0.1) is 11.1 Å². The van der Waals surface area contributed by atoms with Crippen LogP contribution in [-0.2, 0) is 6.54 Å². The fourth-order valence-electron chi connectivity index (χ4n) is 1.77. The number of aromatic nitrogens is 2. The molecule has 2 rings (SSSR count). The number of hydrogen-bond donors (Lipinski definition) is 1. The van der Waals surface area contributed by atoms with Crippen LogP contribution in [0.1, 0.15) is 5.56 Å². The van der Waals surface area contributed by atoms with Crippen LogP contribution in [0, 0.1) is 17.0 Å². The highest BCUT2D eigenvalue weighted by molar-refractivity contribution is 5.45. The first-order valence-electron chi connectivity index (χ1n) is 6.07. The molecule has 0 fully saturated rings. The SMILES string of the molecule is Cc1cccc(NCCn2cc([N+](=O)[O-])cnc2=O)c1. The Morgan fingerprint density at radius 1 is 1.45 bits per heavy atom. The summed E-state index contributed by atoms with van der Waals surface area (Å²) in [6, 6.07) is 7.81. The van der Waals surface area contributed by atoms with E-state index in [4.69, 9.17) is 0 Å². The molecule has 1 aromatic heterocycles. The Hall–Kier alpha value is -2.70. The first kappa shape index (κ1) is 13.7. The molecule has 0 amide bonds. The van der Waals surface area contributed by atoms with Crippen molar-refractivity contribution in [2.24, 2.45) is 0 Å². The summed E-state index contributed by atoms with van der Waals surface area (Å²) in [4.78, 5) is 25.0. The van der Waals surface area contributed by atoms with E-state index in [1.54, 1.807) is 0 Å². The van der Waals surface area contributed by atoms with Crippen molar-refractivity contribution in [3.05, 3.63) is 62.8 Å². The molecule has 0 aliphatic heterocycles. The van der Waals surface area contributed by atoms with E-state index in [0.717, 1.165) is 17.4 Å². The normalized spacial score (nSPS) is 10.2. The van der Waals surface area contributed by atoms with Crippen LogP contribution < -0.4 is 11.0 Å². The largest absolute Gasteiger partial charge is 0.383 e. The molecule has 2 aromatic rings. The summed E-state index contributed by atoms with van der Waals surface area (Å²) in [7, 11) is 0. The van der Waals surface area contributed by atoms with E-state index in [1.165, 1.54) is 10.8 Å². The molecule has 0 spiro atoms. The lowest BCUT2D eigenvalue weighted by Gasteiger charge is -2.08. The van der Waals surface area contributed by atoms with Crippen molar-refractivity contribution in [1.82, 2.24) is 9.55 Å². The third kappa shape index (κ3) is 3.41. The van der Waals surface area contributed by atoms with Crippen LogP contribution in [0.25, 0.3) is 0 Å². The lowest BCUT2D eigenvalue weighted by atomic mass is 10.2. The molecular weight excluding hydrogens is 260 g/mol. The maximum Gasteiger partial charge on any atom is 0.348 e. The number of aryl methyl sites for hydroxylation is 1. The molecule has 20 heavy (non-hydrogen) atoms. The maximum atomic E-state index is 11.5. The Morgan fingerprint density at radius 2 is 2.25 bits per heavy atom. The molecule has 0 aliphatic carbocycles. The average molecular weight is 274 g/mol. The van der Waals surface area contributed by atoms with Crippen molar-refractivity contribution < 1.29 is 4.92 Å². The van der Waals surface area contributed by atoms with Crippen LogP contribution in [0.5, 0.6) is 0 Å². The number of anilines is 1. The second-order valence-electron chi connectivity index (χ2n) is 4.34. The number of nitrogens with one attached hydrogen (secondary N) is 1. The van der Waals surface area contributed by atoms with Crippen molar-refractivity contribution in [1.29, 1.82) is 0 Å². The molecule has 0 bridgehead atoms. The molecule has 0 aliphatic rings. The molecule has 0 atom stereocenters. The zero-order valence-electron chi connectivity index (χ0n) is 10.9. The van der Waals surface area contributed by atoms with Gasteiger partial charge in [-0.2, -0.15) is 4.98 Å². The molecule has 7 nitrogen and oxygen atoms in total. The third-order valence-corrected chi connectivity index (χ3v) is 2.75. The summed E-state index contributed by atoms with van der Waals surface area (Å²) in [5, 5.41) is 13.8. The summed E-state index contributed by atoms with van der Waals surface area (Å²) >= 11 is 0. The number of nitro groups is 1. The fraction of sp³-hybridized carbons (Fsp3) is 0.231. The Morgan fingerprint density at radius 3 is 2.95 bits per heavy atom. The van der Waals surface area contributed by atoms with Crippen molar-refractivity contribution in [3.63, 3.8) is 0 Å². The second-order valence-corrected chi connectivity index (χ2v) is 4.34. The summed E-state index contributed by atoms with van der Waals surface area (Å²) in [6.45, 7) is 2.77. The zero-order chi connectivity index (χ0) is 14.5. The van der Waals surface area contributed by atoms with Gasteiger partial charge in [-0.05, 0) is 24.6 Å². The number of nitrogens with zero attached hydrogens (tertiary/aromatic N) is 3. The van der Waals surface area contributed by atoms with Crippen molar-refractivity contribution in [2.75, 3.05) is 11.9 Å². The Kier molecular flexibility index (Phi) is 4.09. The summed E-state index contributed by atoms with van der Waals surface area (Å²) in [6.07, 6.45) is 2.17. The van der Waals surface area contributed by atoms with Gasteiger partial charge in [-0.15, -0.1) is 0 Å². The molecule has 104 valence electrons. The van der Waals surface area contributed by atoms with E-state index in [2.05, 4.69) is 10.3 Å². The standard InChI is InChI=1S/C13H14N4O3/c1-10-3-2-4-11(7-10)14-5-6-16-9-12(17(19)20)8-15-13(16)18/h2-4,7-9,14H,5-6H2,1H3. The third-order valence-electron chi connectivity index (χ3n) is 2.75. The van der Waals surface area contributed by atoms with Gasteiger partial charge in [-0.1, -0.05) is 12.1 Å². The van der Waals surface area contributed by atoms with Gasteiger partial charge in [0.2, 0.25) is 0 Å². The summed E-state index contributed by atoms with van der Waals surface area (Å²) in [5.41, 5.74) is 1.38. The Bertz CT molecular complexity index is 681. The van der Waals surface area contributed by atoms with Gasteiger partial charge in [0, 0.05) is 18.8 Å². The minimum Gasteiger partial charge on any atom is -0.383 e. The topological polar surface area (TPSA) is 90.1 Å². The van der Waals surface area contributed by atoms with Gasteiger partial charge in [0.15, 0.2) is 0 Å². The zero-order valence-corrected chi connectivity index (χ0v) is 10.9. The summed E-state index contributed by atoms with van der Waals surface area (Å²) in [5.74, 6) is 0. The molecule has 0 saturated carbocycles. The molecular formula is C13H14N4O3. The molecule has 7 heteroatoms. The van der Waals surface area contributed by atoms with Gasteiger partial charge in [-0.3, -0.25) is 14.7 Å². The molecule has 0 unspecified atom stereocenters. The molecule has 0 saturated heterocycles. The first-order chi connectivity index (χ1) is 9.56. The van der Waals surface area contributed by atoms with Crippen LogP contribution in [-0.4, -0.2) is 21.0 Å². The van der Waals surface area contributed by atoms with E-state index in [-0.39, 0.29) is 5.69 Å². The molecule has 0 radical (unpaired) electrons. The van der Waals surface area contributed by atoms with Gasteiger partial charge >= 0.3 is 11.4 Å². The molecule has 1 heterocycles. The maximum absolute atomic E-state index is 11.5. The number of hydrogen-bond acceptors (Lipinski definition) is 5. The van der Waals surface area contributed by atoms with Crippen LogP contribution in [0.3, 0.4) is 0 Å². The van der Waals surface area contributed by atoms with Crippen LogP contribution in [0.2, 0.25) is 0 Å². The van der Waals surface area contributed by atoms with Crippen LogP contribution in [0.15, 0.2) is 41.5 Å². The van der Waals surface area contributed by atoms with Gasteiger partial charge < -0.3 is 5.32 Å². The predicted octanol–water partition coefficient (Wildman–Crippen LogP) is 1.57. The van der Waals surface area contributed by atoms with Gasteiger partial charge in [-0.25, -0.2) is 4.79 Å².